The first-order chi connectivity index (χ1) is 14.7. The Balaban J connectivity index is 0.000000292. The Bertz CT molecular complexity index is 814. The van der Waals surface area contributed by atoms with E-state index < -0.39 is 18.8 Å². The first-order valence-electron chi connectivity index (χ1n) is 10.0. The number of ether oxygens (including phenoxy) is 2. The second-order valence-corrected chi connectivity index (χ2v) is 6.85. The highest BCUT2D eigenvalue weighted by Crippen LogP contribution is 2.27. The van der Waals surface area contributed by atoms with E-state index in [0.717, 1.165) is 18.8 Å². The summed E-state index contributed by atoms with van der Waals surface area (Å²) in [6.07, 6.45) is 0.459. The Hall–Kier alpha value is -2.97. The molecule has 0 unspecified atom stereocenters. The first kappa shape index (κ1) is 26.1. The fourth-order valence-electron chi connectivity index (χ4n) is 2.54. The molecule has 31 heavy (non-hydrogen) atoms. The van der Waals surface area contributed by atoms with E-state index in [-0.39, 0.29) is 12.4 Å². The molecule has 0 saturated heterocycles. The summed E-state index contributed by atoms with van der Waals surface area (Å²) < 4.78 is 45.6. The van der Waals surface area contributed by atoms with Crippen molar-refractivity contribution < 1.29 is 27.4 Å². The number of pyridine rings is 1. The summed E-state index contributed by atoms with van der Waals surface area (Å²) in [7, 11) is 0. The summed E-state index contributed by atoms with van der Waals surface area (Å²) in [6.45, 7) is 5.93. The van der Waals surface area contributed by atoms with Gasteiger partial charge in [0.2, 0.25) is 5.88 Å². The van der Waals surface area contributed by atoms with Crippen LogP contribution >= 0.6 is 0 Å². The van der Waals surface area contributed by atoms with Crippen LogP contribution in [0.15, 0.2) is 36.5 Å². The predicted octanol–water partition coefficient (Wildman–Crippen LogP) is 4.93. The lowest BCUT2D eigenvalue weighted by Crippen LogP contribution is -2.28. The van der Waals surface area contributed by atoms with Crippen LogP contribution in [0.4, 0.5) is 18.0 Å². The zero-order chi connectivity index (χ0) is 23.3. The highest BCUT2D eigenvalue weighted by Gasteiger charge is 2.28. The van der Waals surface area contributed by atoms with Gasteiger partial charge in [-0.15, -0.1) is 0 Å². The molecule has 0 bridgehead atoms. The van der Waals surface area contributed by atoms with Gasteiger partial charge in [0.15, 0.2) is 6.61 Å². The highest BCUT2D eigenvalue weighted by molar-refractivity contribution is 5.71. The second kappa shape index (κ2) is 13.4. The van der Waals surface area contributed by atoms with Crippen LogP contribution in [0.2, 0.25) is 0 Å². The Morgan fingerprint density at radius 1 is 1.29 bits per heavy atom. The molecule has 0 atom stereocenters. The minimum Gasteiger partial charge on any atom is -0.493 e. The zero-order valence-corrected chi connectivity index (χ0v) is 18.1. The van der Waals surface area contributed by atoms with Gasteiger partial charge in [-0.1, -0.05) is 38.5 Å². The van der Waals surface area contributed by atoms with E-state index in [2.05, 4.69) is 54.0 Å². The van der Waals surface area contributed by atoms with Gasteiger partial charge in [-0.2, -0.15) is 13.2 Å². The van der Waals surface area contributed by atoms with Crippen LogP contribution in [-0.4, -0.2) is 30.4 Å². The number of hydrogen-bond donors (Lipinski definition) is 2. The molecule has 2 heterocycles. The number of alkyl halides is 3. The molecule has 0 spiro atoms. The quantitative estimate of drug-likeness (QED) is 0.705. The Morgan fingerprint density at radius 3 is 2.61 bits per heavy atom. The van der Waals surface area contributed by atoms with Crippen molar-refractivity contribution in [1.82, 2.24) is 10.3 Å². The average molecular weight is 441 g/mol. The number of aromatic nitrogens is 1. The SMILES string of the molecule is CCC.Cc1cccc2c1OCCC2.NC(=O)NCc1ccnc(OCC(F)(F)F)c1. The van der Waals surface area contributed by atoms with Gasteiger partial charge in [0.05, 0.1) is 6.61 Å². The highest BCUT2D eigenvalue weighted by atomic mass is 19.4. The molecular weight excluding hydrogens is 411 g/mol. The molecule has 1 aliphatic heterocycles. The number of urea groups is 1. The van der Waals surface area contributed by atoms with E-state index in [1.54, 1.807) is 0 Å². The molecule has 6 nitrogen and oxygen atoms in total. The van der Waals surface area contributed by atoms with Crippen LogP contribution < -0.4 is 20.5 Å². The van der Waals surface area contributed by atoms with Crippen LogP contribution in [0, 0.1) is 6.92 Å². The average Bonchev–Trinajstić information content (AvgIpc) is 2.72. The molecule has 9 heteroatoms. The summed E-state index contributed by atoms with van der Waals surface area (Å²) in [4.78, 5) is 14.0. The number of nitrogens with zero attached hydrogens (tertiary/aromatic N) is 1. The van der Waals surface area contributed by atoms with Crippen LogP contribution in [0.25, 0.3) is 0 Å². The molecule has 2 amide bonds. The largest absolute Gasteiger partial charge is 0.493 e. The van der Waals surface area contributed by atoms with Crippen molar-refractivity contribution in [3.63, 3.8) is 0 Å². The summed E-state index contributed by atoms with van der Waals surface area (Å²) in [5.41, 5.74) is 8.02. The Kier molecular flexibility index (Phi) is 11.2. The topological polar surface area (TPSA) is 86.5 Å². The molecule has 0 saturated carbocycles. The monoisotopic (exact) mass is 441 g/mol. The molecule has 1 aliphatic rings. The molecule has 3 rings (SSSR count). The number of halogens is 3. The maximum Gasteiger partial charge on any atom is 0.422 e. The molecule has 0 fully saturated rings. The van der Waals surface area contributed by atoms with Gasteiger partial charge in [-0.05, 0) is 42.5 Å². The number of amides is 2. The van der Waals surface area contributed by atoms with Gasteiger partial charge in [-0.3, -0.25) is 0 Å². The van der Waals surface area contributed by atoms with Gasteiger partial charge < -0.3 is 20.5 Å². The fraction of sp³-hybridized carbons (Fsp3) is 0.455. The van der Waals surface area contributed by atoms with Gasteiger partial charge in [0, 0.05) is 18.8 Å². The lowest BCUT2D eigenvalue weighted by molar-refractivity contribution is -0.154. The smallest absolute Gasteiger partial charge is 0.422 e. The van der Waals surface area contributed by atoms with Crippen molar-refractivity contribution >= 4 is 6.03 Å². The van der Waals surface area contributed by atoms with E-state index in [0.29, 0.717) is 5.56 Å². The van der Waals surface area contributed by atoms with E-state index in [4.69, 9.17) is 10.5 Å². The number of nitrogens with two attached hydrogens (primary N) is 1. The van der Waals surface area contributed by atoms with Crippen molar-refractivity contribution in [2.75, 3.05) is 13.2 Å². The number of nitrogens with one attached hydrogen (secondary N) is 1. The molecule has 0 radical (unpaired) electrons. The lowest BCUT2D eigenvalue weighted by atomic mass is 10.0. The second-order valence-electron chi connectivity index (χ2n) is 6.85. The third-order valence-corrected chi connectivity index (χ3v) is 3.78. The molecular formula is C22H30F3N3O3. The number of carbonyl (C=O) groups is 1. The van der Waals surface area contributed by atoms with Crippen molar-refractivity contribution in [3.8, 4) is 11.6 Å². The predicted molar refractivity (Wildman–Crippen MR) is 113 cm³/mol. The number of aryl methyl sites for hydroxylation is 2. The summed E-state index contributed by atoms with van der Waals surface area (Å²) in [5.74, 6) is 0.963. The number of rotatable bonds is 4. The lowest BCUT2D eigenvalue weighted by Gasteiger charge is -2.18. The maximum absolute atomic E-state index is 11.9. The molecule has 1 aromatic carbocycles. The van der Waals surface area contributed by atoms with E-state index in [1.165, 1.54) is 42.3 Å². The van der Waals surface area contributed by atoms with Gasteiger partial charge in [-0.25, -0.2) is 9.78 Å². The summed E-state index contributed by atoms with van der Waals surface area (Å²) in [6, 6.07) is 8.45. The van der Waals surface area contributed by atoms with Crippen molar-refractivity contribution in [2.24, 2.45) is 5.73 Å². The minimum atomic E-state index is -4.41. The molecule has 3 N–H and O–H groups in total. The van der Waals surface area contributed by atoms with Gasteiger partial charge in [0.25, 0.3) is 0 Å². The standard InChI is InChI=1S/C10H12O.C9H10F3N3O2.C3H8/c1-8-4-2-5-9-6-3-7-11-10(8)9;10-9(11,12)5-17-7-3-6(1-2-14-7)4-15-8(13)16;1-3-2/h2,4-5H,3,6-7H2,1H3;1-3H,4-5H2,(H3,13,15,16);3H2,1-2H3. The van der Waals surface area contributed by atoms with Crippen LogP contribution in [0.3, 0.4) is 0 Å². The van der Waals surface area contributed by atoms with Crippen LogP contribution in [0.5, 0.6) is 11.6 Å². The van der Waals surface area contributed by atoms with Crippen molar-refractivity contribution in [2.45, 2.75) is 52.8 Å². The number of benzene rings is 1. The molecule has 172 valence electrons. The van der Waals surface area contributed by atoms with E-state index >= 15 is 0 Å². The maximum atomic E-state index is 11.9. The zero-order valence-electron chi connectivity index (χ0n) is 18.1. The molecule has 2 aromatic rings. The summed E-state index contributed by atoms with van der Waals surface area (Å²) >= 11 is 0. The first-order valence-corrected chi connectivity index (χ1v) is 10.0. The minimum absolute atomic E-state index is 0.0975. The number of hydrogen-bond acceptors (Lipinski definition) is 4. The van der Waals surface area contributed by atoms with E-state index in [1.807, 2.05) is 0 Å². The number of para-hydroxylation sites is 1. The fourth-order valence-corrected chi connectivity index (χ4v) is 2.54. The molecule has 0 aliphatic carbocycles. The van der Waals surface area contributed by atoms with Gasteiger partial charge >= 0.3 is 12.2 Å². The number of carbonyl (C=O) groups excluding carboxylic acids is 1. The van der Waals surface area contributed by atoms with E-state index in [9.17, 15) is 18.0 Å². The Labute approximate surface area is 181 Å². The van der Waals surface area contributed by atoms with Crippen LogP contribution in [-0.2, 0) is 13.0 Å². The summed E-state index contributed by atoms with van der Waals surface area (Å²) in [5, 5.41) is 2.29. The normalized spacial score (nSPS) is 12.1. The van der Waals surface area contributed by atoms with Crippen LogP contribution in [0.1, 0.15) is 43.4 Å². The van der Waals surface area contributed by atoms with Crippen molar-refractivity contribution in [1.29, 1.82) is 0 Å². The van der Waals surface area contributed by atoms with Gasteiger partial charge in [0.1, 0.15) is 5.75 Å². The third-order valence-electron chi connectivity index (χ3n) is 3.78. The molecule has 1 aromatic heterocycles. The number of fused-ring (bicyclic) bond motifs is 1. The Morgan fingerprint density at radius 2 is 2.00 bits per heavy atom. The van der Waals surface area contributed by atoms with Crippen molar-refractivity contribution in [3.05, 3.63) is 53.2 Å². The number of primary amides is 1. The third kappa shape index (κ3) is 11.1.